The average molecular weight is 350 g/mol. The second-order valence-electron chi connectivity index (χ2n) is 4.56. The minimum absolute atomic E-state index is 0.0442. The summed E-state index contributed by atoms with van der Waals surface area (Å²) < 4.78 is 28.2. The molecule has 0 aliphatic carbocycles. The number of ether oxygens (including phenoxy) is 1. The van der Waals surface area contributed by atoms with Crippen LogP contribution in [0.25, 0.3) is 0 Å². The van der Waals surface area contributed by atoms with Crippen LogP contribution in [0, 0.1) is 5.92 Å². The number of rotatable bonds is 8. The van der Waals surface area contributed by atoms with E-state index in [2.05, 4.69) is 32.9 Å². The van der Waals surface area contributed by atoms with Gasteiger partial charge in [-0.15, -0.1) is 0 Å². The zero-order valence-electron chi connectivity index (χ0n) is 11.2. The van der Waals surface area contributed by atoms with Crippen molar-refractivity contribution in [1.29, 1.82) is 0 Å². The molecule has 1 aromatic carbocycles. The molecule has 0 saturated carbocycles. The van der Waals surface area contributed by atoms with Crippen molar-refractivity contribution in [2.45, 2.75) is 26.4 Å². The molecule has 112 valence electrons. The lowest BCUT2D eigenvalue weighted by molar-refractivity contribution is -0.0498. The third-order valence-corrected chi connectivity index (χ3v) is 3.87. The lowest BCUT2D eigenvalue weighted by atomic mass is 10.1. The van der Waals surface area contributed by atoms with Crippen LogP contribution in [0.3, 0.4) is 0 Å². The van der Waals surface area contributed by atoms with Crippen LogP contribution in [0.5, 0.6) is 5.75 Å². The van der Waals surface area contributed by atoms with Crippen LogP contribution >= 0.6 is 15.9 Å². The smallest absolute Gasteiger partial charge is 0.387 e. The van der Waals surface area contributed by atoms with Gasteiger partial charge in [-0.1, -0.05) is 22.9 Å². The van der Waals surface area contributed by atoms with E-state index in [-0.39, 0.29) is 11.7 Å². The first-order valence-electron chi connectivity index (χ1n) is 6.42. The van der Waals surface area contributed by atoms with E-state index in [4.69, 9.17) is 0 Å². The number of amides is 1. The molecule has 0 aliphatic rings. The number of hydrogen-bond acceptors (Lipinski definition) is 2. The lowest BCUT2D eigenvalue weighted by Gasteiger charge is -2.09. The fourth-order valence-corrected chi connectivity index (χ4v) is 1.94. The largest absolute Gasteiger partial charge is 0.435 e. The summed E-state index contributed by atoms with van der Waals surface area (Å²) in [5, 5.41) is 3.75. The zero-order chi connectivity index (χ0) is 15.0. The Balaban J connectivity index is 2.36. The molecule has 0 aromatic heterocycles. The molecule has 6 heteroatoms. The molecule has 3 nitrogen and oxygen atoms in total. The van der Waals surface area contributed by atoms with Crippen LogP contribution < -0.4 is 10.1 Å². The van der Waals surface area contributed by atoms with Crippen molar-refractivity contribution in [2.24, 2.45) is 5.92 Å². The monoisotopic (exact) mass is 349 g/mol. The minimum Gasteiger partial charge on any atom is -0.435 e. The van der Waals surface area contributed by atoms with Crippen molar-refractivity contribution >= 4 is 21.8 Å². The highest BCUT2D eigenvalue weighted by atomic mass is 79.9. The molecular weight excluding hydrogens is 332 g/mol. The van der Waals surface area contributed by atoms with Gasteiger partial charge in [0.15, 0.2) is 0 Å². The highest BCUT2D eigenvalue weighted by molar-refractivity contribution is 9.09. The Morgan fingerprint density at radius 2 is 2.00 bits per heavy atom. The summed E-state index contributed by atoms with van der Waals surface area (Å²) in [6.07, 6.45) is 1.94. The van der Waals surface area contributed by atoms with Gasteiger partial charge in [-0.3, -0.25) is 4.79 Å². The van der Waals surface area contributed by atoms with Gasteiger partial charge in [0.1, 0.15) is 5.75 Å². The van der Waals surface area contributed by atoms with Crippen LogP contribution in [-0.4, -0.2) is 24.4 Å². The second kappa shape index (κ2) is 8.89. The first-order chi connectivity index (χ1) is 9.52. The first-order valence-corrected chi connectivity index (χ1v) is 7.54. The quantitative estimate of drug-likeness (QED) is 0.572. The van der Waals surface area contributed by atoms with Crippen LogP contribution in [0.4, 0.5) is 8.78 Å². The van der Waals surface area contributed by atoms with E-state index < -0.39 is 6.61 Å². The molecule has 1 rings (SSSR count). The van der Waals surface area contributed by atoms with E-state index >= 15 is 0 Å². The Morgan fingerprint density at radius 3 is 2.55 bits per heavy atom. The predicted octanol–water partition coefficient (Wildman–Crippen LogP) is 3.83. The molecule has 0 bridgehead atoms. The Hall–Kier alpha value is -1.17. The van der Waals surface area contributed by atoms with Gasteiger partial charge in [0.2, 0.25) is 0 Å². The Kier molecular flexibility index (Phi) is 7.51. The highest BCUT2D eigenvalue weighted by Gasteiger charge is 2.08. The number of carbonyl (C=O) groups excluding carboxylic acids is 1. The molecule has 1 atom stereocenters. The predicted molar refractivity (Wildman–Crippen MR) is 77.6 cm³/mol. The average Bonchev–Trinajstić information content (AvgIpc) is 2.43. The second-order valence-corrected chi connectivity index (χ2v) is 5.21. The molecule has 1 N–H and O–H groups in total. The summed E-state index contributed by atoms with van der Waals surface area (Å²) in [7, 11) is 0. The van der Waals surface area contributed by atoms with Crippen molar-refractivity contribution in [3.63, 3.8) is 0 Å². The maximum absolute atomic E-state index is 12.0. The van der Waals surface area contributed by atoms with Crippen LogP contribution in [0.1, 0.15) is 30.1 Å². The van der Waals surface area contributed by atoms with Crippen molar-refractivity contribution in [1.82, 2.24) is 5.32 Å². The van der Waals surface area contributed by atoms with Gasteiger partial charge in [-0.25, -0.2) is 0 Å². The maximum Gasteiger partial charge on any atom is 0.387 e. The Bertz CT molecular complexity index is 412. The molecule has 0 heterocycles. The van der Waals surface area contributed by atoms with E-state index in [1.54, 1.807) is 0 Å². The number of benzene rings is 1. The summed E-state index contributed by atoms with van der Waals surface area (Å²) >= 11 is 3.40. The molecule has 1 unspecified atom stereocenters. The van der Waals surface area contributed by atoms with Crippen molar-refractivity contribution in [3.05, 3.63) is 29.8 Å². The molecule has 0 spiro atoms. The van der Waals surface area contributed by atoms with Crippen molar-refractivity contribution < 1.29 is 18.3 Å². The van der Waals surface area contributed by atoms with Crippen molar-refractivity contribution in [3.8, 4) is 5.75 Å². The van der Waals surface area contributed by atoms with Crippen LogP contribution in [0.2, 0.25) is 0 Å². The normalized spacial score (nSPS) is 12.2. The molecular formula is C14H18BrF2NO2. The summed E-state index contributed by atoms with van der Waals surface area (Å²) in [5.74, 6) is 0.417. The number of carbonyl (C=O) groups is 1. The summed E-state index contributed by atoms with van der Waals surface area (Å²) in [6, 6.07) is 5.64. The fourth-order valence-electron chi connectivity index (χ4n) is 1.62. The number of halogens is 3. The van der Waals surface area contributed by atoms with E-state index in [0.29, 0.717) is 18.0 Å². The minimum atomic E-state index is -2.86. The standard InChI is InChI=1S/C14H18BrF2NO2/c1-10(9-15)3-2-8-18-13(19)11-4-6-12(7-5-11)20-14(16)17/h4-7,10,14H,2-3,8-9H2,1H3,(H,18,19). The lowest BCUT2D eigenvalue weighted by Crippen LogP contribution is -2.24. The van der Waals surface area contributed by atoms with Gasteiger partial charge in [-0.05, 0) is 43.0 Å². The van der Waals surface area contributed by atoms with Gasteiger partial charge >= 0.3 is 6.61 Å². The summed E-state index contributed by atoms with van der Waals surface area (Å²) in [6.45, 7) is -0.116. The van der Waals surface area contributed by atoms with Crippen molar-refractivity contribution in [2.75, 3.05) is 11.9 Å². The van der Waals surface area contributed by atoms with E-state index in [1.807, 2.05) is 0 Å². The SMILES string of the molecule is CC(CBr)CCCNC(=O)c1ccc(OC(F)F)cc1. The van der Waals surface area contributed by atoms with Gasteiger partial charge in [0, 0.05) is 17.4 Å². The summed E-state index contributed by atoms with van der Waals surface area (Å²) in [5.41, 5.74) is 0.431. The molecule has 20 heavy (non-hydrogen) atoms. The highest BCUT2D eigenvalue weighted by Crippen LogP contribution is 2.15. The van der Waals surface area contributed by atoms with Gasteiger partial charge < -0.3 is 10.1 Å². The topological polar surface area (TPSA) is 38.3 Å². The fraction of sp³-hybridized carbons (Fsp3) is 0.500. The number of alkyl halides is 3. The van der Waals surface area contributed by atoms with Gasteiger partial charge in [0.25, 0.3) is 5.91 Å². The first kappa shape index (κ1) is 16.9. The maximum atomic E-state index is 12.0. The molecule has 0 fully saturated rings. The zero-order valence-corrected chi connectivity index (χ0v) is 12.8. The van der Waals surface area contributed by atoms with E-state index in [1.165, 1.54) is 24.3 Å². The number of hydrogen-bond donors (Lipinski definition) is 1. The third kappa shape index (κ3) is 6.32. The molecule has 0 saturated heterocycles. The van der Waals surface area contributed by atoms with E-state index in [9.17, 15) is 13.6 Å². The van der Waals surface area contributed by atoms with Gasteiger partial charge in [-0.2, -0.15) is 8.78 Å². The molecule has 1 aromatic rings. The third-order valence-electron chi connectivity index (χ3n) is 2.76. The number of nitrogens with one attached hydrogen (secondary N) is 1. The van der Waals surface area contributed by atoms with Crippen LogP contribution in [-0.2, 0) is 0 Å². The van der Waals surface area contributed by atoms with E-state index in [0.717, 1.165) is 18.2 Å². The van der Waals surface area contributed by atoms with Gasteiger partial charge in [0.05, 0.1) is 0 Å². The summed E-state index contributed by atoms with van der Waals surface area (Å²) in [4.78, 5) is 11.8. The molecule has 0 radical (unpaired) electrons. The molecule has 1 amide bonds. The Morgan fingerprint density at radius 1 is 1.35 bits per heavy atom. The molecule has 0 aliphatic heterocycles. The van der Waals surface area contributed by atoms with Crippen LogP contribution in [0.15, 0.2) is 24.3 Å². The Labute approximate surface area is 125 Å².